The smallest absolute Gasteiger partial charge is 0.373 e. The Balaban J connectivity index is 1.43. The topological polar surface area (TPSA) is 98.1 Å². The van der Waals surface area contributed by atoms with Crippen molar-refractivity contribution in [2.24, 2.45) is 0 Å². The van der Waals surface area contributed by atoms with Gasteiger partial charge in [-0.25, -0.2) is 9.59 Å². The maximum Gasteiger partial charge on any atom is 0.373 e. The van der Waals surface area contributed by atoms with Crippen LogP contribution in [0.3, 0.4) is 0 Å². The van der Waals surface area contributed by atoms with Crippen molar-refractivity contribution >= 4 is 51.5 Å². The third kappa shape index (κ3) is 5.32. The number of nitrogens with one attached hydrogen (secondary N) is 1. The second kappa shape index (κ2) is 10.1. The molecule has 0 unspecified atom stereocenters. The van der Waals surface area contributed by atoms with Gasteiger partial charge in [0.1, 0.15) is 23.8 Å². The van der Waals surface area contributed by atoms with Crippen LogP contribution in [0.15, 0.2) is 69.2 Å². The van der Waals surface area contributed by atoms with Crippen LogP contribution in [-0.4, -0.2) is 29.9 Å². The highest BCUT2D eigenvalue weighted by Gasteiger charge is 2.34. The number of nitrogens with zero attached hydrogens (tertiary/aromatic N) is 1. The highest BCUT2D eigenvalue weighted by atomic mass is 79.9. The van der Waals surface area contributed by atoms with E-state index in [0.29, 0.717) is 22.9 Å². The molecule has 34 heavy (non-hydrogen) atoms. The highest BCUT2D eigenvalue weighted by molar-refractivity contribution is 9.10. The van der Waals surface area contributed by atoms with Crippen molar-refractivity contribution in [3.8, 4) is 5.75 Å². The first kappa shape index (κ1) is 23.6. The van der Waals surface area contributed by atoms with Gasteiger partial charge in [0, 0.05) is 4.47 Å². The van der Waals surface area contributed by atoms with Gasteiger partial charge >= 0.3 is 12.0 Å². The number of halogens is 2. The maximum atomic E-state index is 12.7. The molecule has 174 valence electrons. The fourth-order valence-electron chi connectivity index (χ4n) is 3.18. The number of imide groups is 1. The Morgan fingerprint density at radius 2 is 1.91 bits per heavy atom. The van der Waals surface area contributed by atoms with Crippen molar-refractivity contribution in [2.45, 2.75) is 13.2 Å². The van der Waals surface area contributed by atoms with Gasteiger partial charge in [0.2, 0.25) is 5.76 Å². The second-order valence-electron chi connectivity index (χ2n) is 7.24. The van der Waals surface area contributed by atoms with Gasteiger partial charge in [-0.1, -0.05) is 45.7 Å². The van der Waals surface area contributed by atoms with Gasteiger partial charge in [0.25, 0.3) is 5.91 Å². The second-order valence-corrected chi connectivity index (χ2v) is 8.56. The summed E-state index contributed by atoms with van der Waals surface area (Å²) in [7, 11) is 1.23. The molecule has 0 radical (unpaired) electrons. The van der Waals surface area contributed by atoms with Crippen LogP contribution in [0.1, 0.15) is 27.4 Å². The number of ether oxygens (including phenoxy) is 2. The summed E-state index contributed by atoms with van der Waals surface area (Å²) in [4.78, 5) is 37.5. The van der Waals surface area contributed by atoms with Crippen molar-refractivity contribution in [2.75, 3.05) is 7.11 Å². The number of furan rings is 1. The van der Waals surface area contributed by atoms with E-state index in [4.69, 9.17) is 20.8 Å². The van der Waals surface area contributed by atoms with E-state index in [-0.39, 0.29) is 23.8 Å². The van der Waals surface area contributed by atoms with Crippen LogP contribution in [0.4, 0.5) is 4.79 Å². The summed E-state index contributed by atoms with van der Waals surface area (Å²) < 4.78 is 16.7. The van der Waals surface area contributed by atoms with Gasteiger partial charge < -0.3 is 19.2 Å². The Kier molecular flexibility index (Phi) is 7.04. The Morgan fingerprint density at radius 3 is 2.62 bits per heavy atom. The average Bonchev–Trinajstić information content (AvgIpc) is 3.39. The molecule has 3 aromatic rings. The summed E-state index contributed by atoms with van der Waals surface area (Å²) in [6.07, 6.45) is 1.52. The first-order valence-corrected chi connectivity index (χ1v) is 11.2. The van der Waals surface area contributed by atoms with Gasteiger partial charge in [-0.15, -0.1) is 0 Å². The van der Waals surface area contributed by atoms with Gasteiger partial charge in [-0.2, -0.15) is 0 Å². The molecule has 0 bridgehead atoms. The summed E-state index contributed by atoms with van der Waals surface area (Å²) in [5.74, 6) is -0.440. The Hall–Kier alpha value is -3.56. The van der Waals surface area contributed by atoms with Crippen molar-refractivity contribution in [3.05, 3.63) is 92.4 Å². The lowest BCUT2D eigenvalue weighted by Crippen LogP contribution is -2.30. The normalized spacial score (nSPS) is 14.4. The molecule has 0 atom stereocenters. The predicted octanol–water partition coefficient (Wildman–Crippen LogP) is 5.15. The van der Waals surface area contributed by atoms with Crippen molar-refractivity contribution in [3.63, 3.8) is 0 Å². The lowest BCUT2D eigenvalue weighted by atomic mass is 10.1. The van der Waals surface area contributed by atoms with E-state index in [0.717, 1.165) is 14.9 Å². The molecule has 1 aliphatic heterocycles. The monoisotopic (exact) mass is 544 g/mol. The molecule has 2 heterocycles. The molecule has 0 spiro atoms. The van der Waals surface area contributed by atoms with Crippen LogP contribution in [0.25, 0.3) is 6.08 Å². The minimum atomic E-state index is -0.648. The van der Waals surface area contributed by atoms with Crippen molar-refractivity contribution < 1.29 is 28.3 Å². The standard InChI is InChI=1S/C24H18BrClN2O6/c1-32-23(30)21-9-7-17(34-21)12-28-22(29)19(27-24(28)31)11-15-4-8-20(18(26)10-15)33-13-14-2-5-16(25)6-3-14/h2-11H,12-13H2,1H3,(H,27,31)/b19-11-. The third-order valence-electron chi connectivity index (χ3n) is 4.90. The van der Waals surface area contributed by atoms with Gasteiger partial charge in [-0.05, 0) is 53.6 Å². The summed E-state index contributed by atoms with van der Waals surface area (Å²) >= 11 is 9.74. The molecule has 0 saturated carbocycles. The number of carbonyl (C=O) groups is 3. The van der Waals surface area contributed by atoms with Crippen LogP contribution in [0.2, 0.25) is 5.02 Å². The minimum Gasteiger partial charge on any atom is -0.487 e. The Bertz CT molecular complexity index is 1280. The molecular weight excluding hydrogens is 528 g/mol. The number of rotatable bonds is 7. The van der Waals surface area contributed by atoms with E-state index in [9.17, 15) is 14.4 Å². The number of urea groups is 1. The van der Waals surface area contributed by atoms with Crippen LogP contribution in [-0.2, 0) is 22.7 Å². The number of esters is 1. The molecule has 1 fully saturated rings. The lowest BCUT2D eigenvalue weighted by Gasteiger charge is -2.09. The van der Waals surface area contributed by atoms with Crippen LogP contribution < -0.4 is 10.1 Å². The predicted molar refractivity (Wildman–Crippen MR) is 127 cm³/mol. The highest BCUT2D eigenvalue weighted by Crippen LogP contribution is 2.28. The molecule has 1 aromatic heterocycles. The van der Waals surface area contributed by atoms with Gasteiger partial charge in [-0.3, -0.25) is 9.69 Å². The minimum absolute atomic E-state index is 0.0163. The molecule has 4 rings (SSSR count). The maximum absolute atomic E-state index is 12.7. The van der Waals surface area contributed by atoms with E-state index in [1.54, 1.807) is 18.2 Å². The van der Waals surface area contributed by atoms with Crippen LogP contribution >= 0.6 is 27.5 Å². The van der Waals surface area contributed by atoms with E-state index in [2.05, 4.69) is 26.0 Å². The zero-order valence-electron chi connectivity index (χ0n) is 17.8. The number of hydrogen-bond acceptors (Lipinski definition) is 6. The molecule has 2 aromatic carbocycles. The molecule has 1 aliphatic rings. The molecular formula is C24H18BrClN2O6. The van der Waals surface area contributed by atoms with Gasteiger partial charge in [0.15, 0.2) is 0 Å². The molecule has 10 heteroatoms. The number of benzene rings is 2. The summed E-state index contributed by atoms with van der Waals surface area (Å²) in [6.45, 7) is 0.212. The Morgan fingerprint density at radius 1 is 1.15 bits per heavy atom. The van der Waals surface area contributed by atoms with Crippen LogP contribution in [0, 0.1) is 0 Å². The van der Waals surface area contributed by atoms with E-state index in [1.165, 1.54) is 25.3 Å². The number of amides is 3. The Labute approximate surface area is 208 Å². The van der Waals surface area contributed by atoms with Crippen LogP contribution in [0.5, 0.6) is 5.75 Å². The molecule has 3 amide bonds. The molecule has 0 aliphatic carbocycles. The molecule has 1 saturated heterocycles. The number of methoxy groups -OCH3 is 1. The van der Waals surface area contributed by atoms with E-state index >= 15 is 0 Å². The van der Waals surface area contributed by atoms with Gasteiger partial charge in [0.05, 0.1) is 18.7 Å². The largest absolute Gasteiger partial charge is 0.487 e. The fraction of sp³-hybridized carbons (Fsp3) is 0.125. The fourth-order valence-corrected chi connectivity index (χ4v) is 3.68. The SMILES string of the molecule is COC(=O)c1ccc(CN2C(=O)N/C(=C\c3ccc(OCc4ccc(Br)cc4)c(Cl)c3)C2=O)o1. The van der Waals surface area contributed by atoms with E-state index < -0.39 is 17.9 Å². The molecule has 1 N–H and O–H groups in total. The molecule has 8 nitrogen and oxygen atoms in total. The zero-order valence-corrected chi connectivity index (χ0v) is 20.2. The summed E-state index contributed by atoms with van der Waals surface area (Å²) in [5.41, 5.74) is 1.68. The third-order valence-corrected chi connectivity index (χ3v) is 5.72. The average molecular weight is 546 g/mol. The number of carbonyl (C=O) groups excluding carboxylic acids is 3. The summed E-state index contributed by atoms with van der Waals surface area (Å²) in [6, 6.07) is 15.1. The number of hydrogen-bond donors (Lipinski definition) is 1. The first-order chi connectivity index (χ1) is 16.3. The van der Waals surface area contributed by atoms with Crippen molar-refractivity contribution in [1.29, 1.82) is 0 Å². The quantitative estimate of drug-likeness (QED) is 0.250. The first-order valence-electron chi connectivity index (χ1n) is 10.0. The zero-order chi connectivity index (χ0) is 24.2. The van der Waals surface area contributed by atoms with E-state index in [1.807, 2.05) is 24.3 Å². The lowest BCUT2D eigenvalue weighted by molar-refractivity contribution is -0.123. The summed E-state index contributed by atoms with van der Waals surface area (Å²) in [5, 5.41) is 2.90. The van der Waals surface area contributed by atoms with Crippen molar-refractivity contribution in [1.82, 2.24) is 10.2 Å².